The van der Waals surface area contributed by atoms with Gasteiger partial charge in [-0.25, -0.2) is 4.98 Å². The van der Waals surface area contributed by atoms with Crippen LogP contribution in [0.4, 0.5) is 5.69 Å². The van der Waals surface area contributed by atoms with Gasteiger partial charge in [0.25, 0.3) is 0 Å². The normalized spacial score (nSPS) is 10.7. The smallest absolute Gasteiger partial charge is 0.237 e. The Morgan fingerprint density at radius 1 is 0.967 bits per heavy atom. The lowest BCUT2D eigenvalue weighted by molar-refractivity contribution is -0.115. The van der Waals surface area contributed by atoms with Gasteiger partial charge in [0.15, 0.2) is 0 Å². The van der Waals surface area contributed by atoms with Gasteiger partial charge < -0.3 is 9.64 Å². The van der Waals surface area contributed by atoms with E-state index in [4.69, 9.17) is 9.72 Å². The van der Waals surface area contributed by atoms with E-state index >= 15 is 0 Å². The van der Waals surface area contributed by atoms with Crippen molar-refractivity contribution < 1.29 is 9.53 Å². The first-order chi connectivity index (χ1) is 14.7. The Morgan fingerprint density at radius 3 is 2.37 bits per heavy atom. The summed E-state index contributed by atoms with van der Waals surface area (Å²) in [6, 6.07) is 27.8. The number of para-hydroxylation sites is 1. The molecule has 0 atom stereocenters. The van der Waals surface area contributed by atoms with E-state index in [9.17, 15) is 4.79 Å². The van der Waals surface area contributed by atoms with Crippen molar-refractivity contribution in [2.45, 2.75) is 5.03 Å². The number of anilines is 1. The zero-order chi connectivity index (χ0) is 20.9. The Balaban J connectivity index is 1.64. The molecule has 4 nitrogen and oxygen atoms in total. The number of hydrogen-bond acceptors (Lipinski definition) is 4. The third kappa shape index (κ3) is 4.31. The summed E-state index contributed by atoms with van der Waals surface area (Å²) in [6.45, 7) is 0. The molecule has 0 radical (unpaired) electrons. The minimum Gasteiger partial charge on any atom is -0.497 e. The van der Waals surface area contributed by atoms with E-state index in [1.807, 2.05) is 66.7 Å². The maximum Gasteiger partial charge on any atom is 0.237 e. The molecule has 0 aliphatic carbocycles. The van der Waals surface area contributed by atoms with Crippen LogP contribution in [0.25, 0.3) is 22.0 Å². The maximum atomic E-state index is 12.7. The number of hydrogen-bond donors (Lipinski definition) is 0. The standard InChI is InChI=1S/C25H22N2O2S/c1-27(19-11-7-4-8-12-19)25(28)17-30-24-16-22(18-9-5-3-6-10-18)21-14-13-20(29-2)15-23(21)26-24/h3-16H,17H2,1-2H3. The molecular weight excluding hydrogens is 392 g/mol. The van der Waals surface area contributed by atoms with E-state index < -0.39 is 0 Å². The number of nitrogens with zero attached hydrogens (tertiary/aromatic N) is 2. The average Bonchev–Trinajstić information content (AvgIpc) is 2.82. The molecule has 0 aliphatic rings. The number of pyridine rings is 1. The van der Waals surface area contributed by atoms with Crippen molar-refractivity contribution in [3.8, 4) is 16.9 Å². The molecule has 0 saturated carbocycles. The summed E-state index contributed by atoms with van der Waals surface area (Å²) in [5, 5.41) is 1.86. The van der Waals surface area contributed by atoms with Crippen molar-refractivity contribution in [2.24, 2.45) is 0 Å². The number of ether oxygens (including phenoxy) is 1. The SMILES string of the molecule is COc1ccc2c(-c3ccccc3)cc(SCC(=O)N(C)c3ccccc3)nc2c1. The van der Waals surface area contributed by atoms with Crippen LogP contribution in [0.1, 0.15) is 0 Å². The van der Waals surface area contributed by atoms with E-state index in [1.165, 1.54) is 11.8 Å². The Kier molecular flexibility index (Phi) is 6.00. The molecule has 1 amide bonds. The molecule has 1 aromatic heterocycles. The summed E-state index contributed by atoms with van der Waals surface area (Å²) in [5.41, 5.74) is 3.94. The monoisotopic (exact) mass is 414 g/mol. The number of carbonyl (C=O) groups is 1. The molecule has 0 spiro atoms. The Bertz CT molecular complexity index is 1160. The van der Waals surface area contributed by atoms with Gasteiger partial charge in [0.05, 0.1) is 23.4 Å². The molecule has 5 heteroatoms. The van der Waals surface area contributed by atoms with Gasteiger partial charge >= 0.3 is 0 Å². The predicted molar refractivity (Wildman–Crippen MR) is 124 cm³/mol. The van der Waals surface area contributed by atoms with Crippen LogP contribution in [-0.4, -0.2) is 30.8 Å². The molecule has 0 aliphatic heterocycles. The highest BCUT2D eigenvalue weighted by molar-refractivity contribution is 7.99. The third-order valence-corrected chi connectivity index (χ3v) is 5.84. The topological polar surface area (TPSA) is 42.4 Å². The first-order valence-corrected chi connectivity index (χ1v) is 10.6. The lowest BCUT2D eigenvalue weighted by Gasteiger charge is -2.17. The van der Waals surface area contributed by atoms with Crippen LogP contribution in [0, 0.1) is 0 Å². The fourth-order valence-corrected chi connectivity index (χ4v) is 4.10. The van der Waals surface area contributed by atoms with E-state index in [1.54, 1.807) is 19.1 Å². The molecule has 1 heterocycles. The van der Waals surface area contributed by atoms with Crippen LogP contribution in [0.15, 0.2) is 90.0 Å². The summed E-state index contributed by atoms with van der Waals surface area (Å²) >= 11 is 1.45. The van der Waals surface area contributed by atoms with Crippen molar-refractivity contribution in [3.05, 3.63) is 84.9 Å². The van der Waals surface area contributed by atoms with Gasteiger partial charge in [-0.1, -0.05) is 60.3 Å². The highest BCUT2D eigenvalue weighted by atomic mass is 32.2. The third-order valence-electron chi connectivity index (χ3n) is 4.94. The van der Waals surface area contributed by atoms with Gasteiger partial charge in [-0.3, -0.25) is 4.79 Å². The number of thioether (sulfide) groups is 1. The van der Waals surface area contributed by atoms with E-state index in [2.05, 4.69) is 18.2 Å². The fraction of sp³-hybridized carbons (Fsp3) is 0.120. The van der Waals surface area contributed by atoms with Crippen molar-refractivity contribution in [1.82, 2.24) is 4.98 Å². The van der Waals surface area contributed by atoms with Gasteiger partial charge in [0.2, 0.25) is 5.91 Å². The molecular formula is C25H22N2O2S. The second-order valence-corrected chi connectivity index (χ2v) is 7.83. The zero-order valence-corrected chi connectivity index (χ0v) is 17.7. The van der Waals surface area contributed by atoms with Crippen LogP contribution in [0.5, 0.6) is 5.75 Å². The Labute approximate surface area is 180 Å². The number of carbonyl (C=O) groups excluding carboxylic acids is 1. The highest BCUT2D eigenvalue weighted by Crippen LogP contribution is 2.33. The van der Waals surface area contributed by atoms with Crippen molar-refractivity contribution in [3.63, 3.8) is 0 Å². The lowest BCUT2D eigenvalue weighted by atomic mass is 10.0. The number of aromatic nitrogens is 1. The maximum absolute atomic E-state index is 12.7. The van der Waals surface area contributed by atoms with Crippen LogP contribution in [0.3, 0.4) is 0 Å². The average molecular weight is 415 g/mol. The molecule has 0 bridgehead atoms. The van der Waals surface area contributed by atoms with E-state index in [0.717, 1.165) is 38.5 Å². The largest absolute Gasteiger partial charge is 0.497 e. The molecule has 0 saturated heterocycles. The summed E-state index contributed by atoms with van der Waals surface area (Å²) in [7, 11) is 3.45. The van der Waals surface area contributed by atoms with Crippen LogP contribution in [0.2, 0.25) is 0 Å². The number of methoxy groups -OCH3 is 1. The Hall–Kier alpha value is -3.31. The second-order valence-electron chi connectivity index (χ2n) is 6.83. The number of fused-ring (bicyclic) bond motifs is 1. The first kappa shape index (κ1) is 20.0. The molecule has 0 unspecified atom stereocenters. The predicted octanol–water partition coefficient (Wildman–Crippen LogP) is 5.67. The van der Waals surface area contributed by atoms with Crippen molar-refractivity contribution in [1.29, 1.82) is 0 Å². The molecule has 4 aromatic rings. The molecule has 30 heavy (non-hydrogen) atoms. The van der Waals surface area contributed by atoms with Crippen LogP contribution < -0.4 is 9.64 Å². The second kappa shape index (κ2) is 9.01. The minimum atomic E-state index is 0.0278. The lowest BCUT2D eigenvalue weighted by Crippen LogP contribution is -2.27. The highest BCUT2D eigenvalue weighted by Gasteiger charge is 2.14. The number of rotatable bonds is 6. The van der Waals surface area contributed by atoms with Gasteiger partial charge in [-0.2, -0.15) is 0 Å². The summed E-state index contributed by atoms with van der Waals surface area (Å²) in [4.78, 5) is 19.2. The fourth-order valence-electron chi connectivity index (χ4n) is 3.27. The minimum absolute atomic E-state index is 0.0278. The van der Waals surface area contributed by atoms with Gasteiger partial charge in [0.1, 0.15) is 5.75 Å². The van der Waals surface area contributed by atoms with Gasteiger partial charge in [-0.05, 0) is 41.5 Å². The number of amides is 1. The molecule has 0 fully saturated rings. The molecule has 0 N–H and O–H groups in total. The molecule has 150 valence electrons. The first-order valence-electron chi connectivity index (χ1n) is 9.64. The van der Waals surface area contributed by atoms with Crippen molar-refractivity contribution in [2.75, 3.05) is 24.8 Å². The number of benzene rings is 3. The van der Waals surface area contributed by atoms with Gasteiger partial charge in [-0.15, -0.1) is 0 Å². The van der Waals surface area contributed by atoms with Crippen molar-refractivity contribution >= 4 is 34.3 Å². The van der Waals surface area contributed by atoms with Gasteiger partial charge in [0, 0.05) is 24.2 Å². The summed E-state index contributed by atoms with van der Waals surface area (Å²) in [6.07, 6.45) is 0. The summed E-state index contributed by atoms with van der Waals surface area (Å²) in [5.74, 6) is 1.10. The Morgan fingerprint density at radius 2 is 1.67 bits per heavy atom. The summed E-state index contributed by atoms with van der Waals surface area (Å²) < 4.78 is 5.38. The quantitative estimate of drug-likeness (QED) is 0.382. The molecule has 3 aromatic carbocycles. The molecule has 4 rings (SSSR count). The van der Waals surface area contributed by atoms with E-state index in [0.29, 0.717) is 5.75 Å². The zero-order valence-electron chi connectivity index (χ0n) is 16.9. The van der Waals surface area contributed by atoms with Crippen LogP contribution >= 0.6 is 11.8 Å². The van der Waals surface area contributed by atoms with Crippen LogP contribution in [-0.2, 0) is 4.79 Å². The van der Waals surface area contributed by atoms with E-state index in [-0.39, 0.29) is 5.91 Å².